The summed E-state index contributed by atoms with van der Waals surface area (Å²) in [6, 6.07) is 4.78. The number of carbonyl (C=O) groups excluding carboxylic acids is 1. The molecule has 0 atom stereocenters. The van der Waals surface area contributed by atoms with Crippen LogP contribution in [0.3, 0.4) is 0 Å². The molecular formula is C14H22ClFN2O2. The lowest BCUT2D eigenvalue weighted by Gasteiger charge is -2.16. The Labute approximate surface area is 125 Å². The second kappa shape index (κ2) is 9.55. The van der Waals surface area contributed by atoms with E-state index in [4.69, 9.17) is 4.74 Å². The van der Waals surface area contributed by atoms with Gasteiger partial charge in [0.15, 0.2) is 11.6 Å². The number of nitrogens with zero attached hydrogens (tertiary/aromatic N) is 1. The summed E-state index contributed by atoms with van der Waals surface area (Å²) in [5, 5.41) is 2.99. The molecule has 114 valence electrons. The zero-order valence-corrected chi connectivity index (χ0v) is 12.9. The van der Waals surface area contributed by atoms with Gasteiger partial charge < -0.3 is 15.0 Å². The predicted molar refractivity (Wildman–Crippen MR) is 80.1 cm³/mol. The Balaban J connectivity index is 0.00000361. The lowest BCUT2D eigenvalue weighted by Crippen LogP contribution is -2.32. The number of nitrogens with one attached hydrogen (secondary N) is 1. The first kappa shape index (κ1) is 18.7. The van der Waals surface area contributed by atoms with E-state index in [0.29, 0.717) is 19.4 Å². The lowest BCUT2D eigenvalue weighted by atomic mass is 10.1. The molecule has 0 bridgehead atoms. The normalized spacial score (nSPS) is 9.80. The van der Waals surface area contributed by atoms with Crippen molar-refractivity contribution in [1.82, 2.24) is 10.2 Å². The van der Waals surface area contributed by atoms with Crippen LogP contribution < -0.4 is 10.1 Å². The number of amides is 1. The highest BCUT2D eigenvalue weighted by Gasteiger charge is 2.09. The molecule has 20 heavy (non-hydrogen) atoms. The fraction of sp³-hybridized carbons (Fsp3) is 0.500. The van der Waals surface area contributed by atoms with E-state index in [1.807, 2.05) is 7.05 Å². The smallest absolute Gasteiger partial charge is 0.222 e. The molecule has 1 aromatic rings. The first-order chi connectivity index (χ1) is 9.08. The lowest BCUT2D eigenvalue weighted by molar-refractivity contribution is -0.129. The van der Waals surface area contributed by atoms with Crippen molar-refractivity contribution >= 4 is 18.3 Å². The van der Waals surface area contributed by atoms with Crippen LogP contribution in [0.25, 0.3) is 0 Å². The van der Waals surface area contributed by atoms with Crippen LogP contribution in [0.15, 0.2) is 18.2 Å². The highest BCUT2D eigenvalue weighted by Crippen LogP contribution is 2.18. The Kier molecular flexibility index (Phi) is 8.92. The van der Waals surface area contributed by atoms with Gasteiger partial charge in [0, 0.05) is 26.6 Å². The minimum absolute atomic E-state index is 0. The van der Waals surface area contributed by atoms with Gasteiger partial charge in [0.25, 0.3) is 0 Å². The summed E-state index contributed by atoms with van der Waals surface area (Å²) >= 11 is 0. The molecule has 0 aromatic heterocycles. The minimum Gasteiger partial charge on any atom is -0.494 e. The fourth-order valence-electron chi connectivity index (χ4n) is 1.71. The Morgan fingerprint density at radius 2 is 2.15 bits per heavy atom. The number of hydrogen-bond acceptors (Lipinski definition) is 3. The Morgan fingerprint density at radius 3 is 2.70 bits per heavy atom. The van der Waals surface area contributed by atoms with Crippen molar-refractivity contribution in [1.29, 1.82) is 0 Å². The summed E-state index contributed by atoms with van der Waals surface area (Å²) in [7, 11) is 5.05. The Morgan fingerprint density at radius 1 is 1.45 bits per heavy atom. The third-order valence-electron chi connectivity index (χ3n) is 2.97. The summed E-state index contributed by atoms with van der Waals surface area (Å²) in [6.45, 7) is 1.44. The molecule has 0 saturated heterocycles. The Hall–Kier alpha value is -1.33. The molecule has 0 spiro atoms. The molecule has 0 aliphatic heterocycles. The Bertz CT molecular complexity index is 430. The van der Waals surface area contributed by atoms with Gasteiger partial charge in [-0.2, -0.15) is 0 Å². The minimum atomic E-state index is -0.393. The zero-order chi connectivity index (χ0) is 14.3. The van der Waals surface area contributed by atoms with E-state index in [0.717, 1.165) is 12.1 Å². The van der Waals surface area contributed by atoms with Gasteiger partial charge in [0.2, 0.25) is 5.91 Å². The van der Waals surface area contributed by atoms with Crippen molar-refractivity contribution in [3.05, 3.63) is 29.6 Å². The van der Waals surface area contributed by atoms with Crippen molar-refractivity contribution < 1.29 is 13.9 Å². The van der Waals surface area contributed by atoms with Crippen LogP contribution in [0.4, 0.5) is 4.39 Å². The quantitative estimate of drug-likeness (QED) is 0.836. The first-order valence-electron chi connectivity index (χ1n) is 6.29. The highest BCUT2D eigenvalue weighted by molar-refractivity contribution is 5.85. The van der Waals surface area contributed by atoms with E-state index in [1.165, 1.54) is 13.2 Å². The van der Waals surface area contributed by atoms with E-state index in [1.54, 1.807) is 24.1 Å². The number of rotatable bonds is 7. The van der Waals surface area contributed by atoms with Crippen molar-refractivity contribution in [3.63, 3.8) is 0 Å². The average Bonchev–Trinajstić information content (AvgIpc) is 2.42. The molecule has 0 radical (unpaired) electrons. The molecule has 1 aromatic carbocycles. The molecule has 1 N–H and O–H groups in total. The third kappa shape index (κ3) is 5.75. The predicted octanol–water partition coefficient (Wildman–Crippen LogP) is 1.87. The van der Waals surface area contributed by atoms with Crippen LogP contribution in [-0.4, -0.2) is 45.1 Å². The number of aryl methyl sites for hydroxylation is 1. The average molecular weight is 305 g/mol. The molecule has 4 nitrogen and oxygen atoms in total. The van der Waals surface area contributed by atoms with Crippen LogP contribution >= 0.6 is 12.4 Å². The molecule has 0 aliphatic carbocycles. The molecule has 1 rings (SSSR count). The monoisotopic (exact) mass is 304 g/mol. The first-order valence-corrected chi connectivity index (χ1v) is 6.29. The number of carbonyl (C=O) groups is 1. The summed E-state index contributed by atoms with van der Waals surface area (Å²) in [5.41, 5.74) is 0.800. The zero-order valence-electron chi connectivity index (χ0n) is 12.1. The molecular weight excluding hydrogens is 283 g/mol. The maximum atomic E-state index is 13.5. The van der Waals surface area contributed by atoms with Gasteiger partial charge in [-0.1, -0.05) is 6.07 Å². The van der Waals surface area contributed by atoms with Crippen LogP contribution in [0.5, 0.6) is 5.75 Å². The van der Waals surface area contributed by atoms with Crippen LogP contribution in [0.1, 0.15) is 12.0 Å². The number of hydrogen-bond donors (Lipinski definition) is 1. The van der Waals surface area contributed by atoms with Crippen LogP contribution in [-0.2, 0) is 11.2 Å². The summed E-state index contributed by atoms with van der Waals surface area (Å²) in [4.78, 5) is 13.5. The molecule has 0 aliphatic rings. The van der Waals surface area contributed by atoms with Gasteiger partial charge in [-0.05, 0) is 31.2 Å². The number of ether oxygens (including phenoxy) is 1. The van der Waals surface area contributed by atoms with Gasteiger partial charge in [-0.25, -0.2) is 4.39 Å². The van der Waals surface area contributed by atoms with Gasteiger partial charge in [-0.15, -0.1) is 12.4 Å². The molecule has 0 fully saturated rings. The van der Waals surface area contributed by atoms with Gasteiger partial charge in [-0.3, -0.25) is 4.79 Å². The number of methoxy groups -OCH3 is 1. The van der Waals surface area contributed by atoms with Gasteiger partial charge in [0.1, 0.15) is 0 Å². The second-order valence-corrected chi connectivity index (χ2v) is 4.39. The van der Waals surface area contributed by atoms with Crippen molar-refractivity contribution in [3.8, 4) is 5.75 Å². The highest BCUT2D eigenvalue weighted by atomic mass is 35.5. The van der Waals surface area contributed by atoms with Crippen molar-refractivity contribution in [2.75, 3.05) is 34.3 Å². The molecule has 6 heteroatoms. The summed E-state index contributed by atoms with van der Waals surface area (Å²) < 4.78 is 18.3. The molecule has 0 heterocycles. The summed E-state index contributed by atoms with van der Waals surface area (Å²) in [6.07, 6.45) is 0.912. The van der Waals surface area contributed by atoms with Gasteiger partial charge >= 0.3 is 0 Å². The molecule has 0 saturated carbocycles. The van der Waals surface area contributed by atoms with E-state index in [-0.39, 0.29) is 24.1 Å². The SMILES string of the molecule is CNCCN(C)C(=O)CCc1ccc(OC)c(F)c1.Cl. The maximum Gasteiger partial charge on any atom is 0.222 e. The van der Waals surface area contributed by atoms with E-state index >= 15 is 0 Å². The summed E-state index contributed by atoms with van der Waals surface area (Å²) in [5.74, 6) is -0.108. The molecule has 0 unspecified atom stereocenters. The number of benzene rings is 1. The van der Waals surface area contributed by atoms with E-state index in [2.05, 4.69) is 5.32 Å². The standard InChI is InChI=1S/C14H21FN2O2.ClH/c1-16-8-9-17(2)14(18)7-5-11-4-6-13(19-3)12(15)10-11;/h4,6,10,16H,5,7-9H2,1-3H3;1H. The van der Waals surface area contributed by atoms with Crippen LogP contribution in [0, 0.1) is 5.82 Å². The van der Waals surface area contributed by atoms with Gasteiger partial charge in [0.05, 0.1) is 7.11 Å². The van der Waals surface area contributed by atoms with Crippen molar-refractivity contribution in [2.45, 2.75) is 12.8 Å². The van der Waals surface area contributed by atoms with Crippen molar-refractivity contribution in [2.24, 2.45) is 0 Å². The van der Waals surface area contributed by atoms with Crippen LogP contribution in [0.2, 0.25) is 0 Å². The number of halogens is 2. The van der Waals surface area contributed by atoms with E-state index < -0.39 is 5.82 Å². The largest absolute Gasteiger partial charge is 0.494 e. The topological polar surface area (TPSA) is 41.6 Å². The maximum absolute atomic E-state index is 13.5. The third-order valence-corrected chi connectivity index (χ3v) is 2.97. The number of likely N-dealkylation sites (N-methyl/N-ethyl adjacent to an activating group) is 2. The van der Waals surface area contributed by atoms with E-state index in [9.17, 15) is 9.18 Å². The molecule has 1 amide bonds. The fourth-order valence-corrected chi connectivity index (χ4v) is 1.71. The second-order valence-electron chi connectivity index (χ2n) is 4.39.